The molecule has 0 fully saturated rings. The third-order valence-electron chi connectivity index (χ3n) is 1.74. The number of nitrogens with zero attached hydrogens (tertiary/aromatic N) is 1. The molecule has 0 N–H and O–H groups in total. The molecule has 46 valence electrons. The van der Waals surface area contributed by atoms with Gasteiger partial charge in [0.15, 0.2) is 0 Å². The van der Waals surface area contributed by atoms with Crippen LogP contribution in [0.4, 0.5) is 0 Å². The maximum Gasteiger partial charge on any atom is 0.0174 e. The lowest BCUT2D eigenvalue weighted by atomic mass is 10.2. The first-order valence-corrected chi connectivity index (χ1v) is 3.18. The van der Waals surface area contributed by atoms with E-state index < -0.39 is 0 Å². The summed E-state index contributed by atoms with van der Waals surface area (Å²) in [6.07, 6.45) is 4.90. The summed E-state index contributed by atoms with van der Waals surface area (Å²) in [6.45, 7) is 3.40. The van der Waals surface area contributed by atoms with Crippen molar-refractivity contribution in [2.24, 2.45) is 0 Å². The van der Waals surface area contributed by atoms with Gasteiger partial charge in [-0.25, -0.2) is 0 Å². The van der Waals surface area contributed by atoms with Crippen LogP contribution in [0.15, 0.2) is 11.8 Å². The number of allylic oxidation sites excluding steroid dienone is 2. The highest BCUT2D eigenvalue weighted by Gasteiger charge is 2.01. The Bertz CT molecular complexity index is 105. The smallest absolute Gasteiger partial charge is 0.0174 e. The Morgan fingerprint density at radius 2 is 2.38 bits per heavy atom. The van der Waals surface area contributed by atoms with Crippen LogP contribution in [0.25, 0.3) is 0 Å². The molecule has 0 radical (unpaired) electrons. The highest BCUT2D eigenvalue weighted by atomic mass is 15.1. The molecule has 1 heterocycles. The van der Waals surface area contributed by atoms with Gasteiger partial charge in [0.25, 0.3) is 0 Å². The topological polar surface area (TPSA) is 3.24 Å². The van der Waals surface area contributed by atoms with Crippen molar-refractivity contribution in [1.82, 2.24) is 4.90 Å². The highest BCUT2D eigenvalue weighted by Crippen LogP contribution is 2.10. The molecule has 0 spiro atoms. The predicted molar refractivity (Wildman–Crippen MR) is 35.6 cm³/mol. The summed E-state index contributed by atoms with van der Waals surface area (Å²) < 4.78 is 0. The molecule has 0 saturated heterocycles. The second-order valence-corrected chi connectivity index (χ2v) is 2.41. The van der Waals surface area contributed by atoms with Gasteiger partial charge in [0.1, 0.15) is 0 Å². The van der Waals surface area contributed by atoms with E-state index in [9.17, 15) is 0 Å². The minimum atomic E-state index is 1.24. The molecule has 0 bridgehead atoms. The Morgan fingerprint density at radius 3 is 2.75 bits per heavy atom. The van der Waals surface area contributed by atoms with Crippen molar-refractivity contribution in [2.45, 2.75) is 19.8 Å². The van der Waals surface area contributed by atoms with Gasteiger partial charge in [-0.05, 0) is 19.8 Å². The Hall–Kier alpha value is -0.460. The summed E-state index contributed by atoms with van der Waals surface area (Å²) in [5.41, 5.74) is 1.43. The lowest BCUT2D eigenvalue weighted by Gasteiger charge is -2.23. The van der Waals surface area contributed by atoms with Crippen molar-refractivity contribution in [2.75, 3.05) is 13.6 Å². The van der Waals surface area contributed by atoms with Crippen LogP contribution in [0.2, 0.25) is 0 Å². The number of hydrogen-bond donors (Lipinski definition) is 0. The summed E-state index contributed by atoms with van der Waals surface area (Å²) >= 11 is 0. The monoisotopic (exact) mass is 111 g/mol. The molecule has 1 nitrogen and oxygen atoms in total. The third-order valence-corrected chi connectivity index (χ3v) is 1.74. The molecule has 1 aliphatic heterocycles. The van der Waals surface area contributed by atoms with Crippen molar-refractivity contribution in [3.63, 3.8) is 0 Å². The molecule has 0 aromatic heterocycles. The average Bonchev–Trinajstić information content (AvgIpc) is 1.77. The molecule has 1 heteroatoms. The van der Waals surface area contributed by atoms with Crippen LogP contribution in [0, 0.1) is 0 Å². The van der Waals surface area contributed by atoms with Gasteiger partial charge in [0, 0.05) is 19.3 Å². The van der Waals surface area contributed by atoms with Crippen molar-refractivity contribution in [1.29, 1.82) is 0 Å². The SMILES string of the molecule is CC1=CCCCN1C. The van der Waals surface area contributed by atoms with Gasteiger partial charge in [-0.3, -0.25) is 0 Å². The normalized spacial score (nSPS) is 20.8. The van der Waals surface area contributed by atoms with Crippen molar-refractivity contribution in [3.8, 4) is 0 Å². The fraction of sp³-hybridized carbons (Fsp3) is 0.714. The van der Waals surface area contributed by atoms with E-state index in [1.165, 1.54) is 25.1 Å². The van der Waals surface area contributed by atoms with Gasteiger partial charge in [0.2, 0.25) is 0 Å². The van der Waals surface area contributed by atoms with Crippen LogP contribution in [0.1, 0.15) is 19.8 Å². The van der Waals surface area contributed by atoms with Gasteiger partial charge in [0.05, 0.1) is 0 Å². The van der Waals surface area contributed by atoms with Gasteiger partial charge in [-0.15, -0.1) is 0 Å². The third kappa shape index (κ3) is 1.03. The quantitative estimate of drug-likeness (QED) is 0.459. The Kier molecular flexibility index (Phi) is 1.56. The van der Waals surface area contributed by atoms with Crippen LogP contribution in [0.3, 0.4) is 0 Å². The molecule has 0 aromatic carbocycles. The van der Waals surface area contributed by atoms with Crippen molar-refractivity contribution in [3.05, 3.63) is 11.8 Å². The molecule has 0 amide bonds. The van der Waals surface area contributed by atoms with E-state index in [-0.39, 0.29) is 0 Å². The van der Waals surface area contributed by atoms with E-state index >= 15 is 0 Å². The maximum absolute atomic E-state index is 2.30. The van der Waals surface area contributed by atoms with Crippen LogP contribution in [-0.2, 0) is 0 Å². The molecule has 0 aliphatic carbocycles. The second kappa shape index (κ2) is 2.21. The highest BCUT2D eigenvalue weighted by molar-refractivity contribution is 4.99. The van der Waals surface area contributed by atoms with Gasteiger partial charge < -0.3 is 4.90 Å². The largest absolute Gasteiger partial charge is 0.378 e. The first kappa shape index (κ1) is 5.67. The Labute approximate surface area is 51.0 Å². The summed E-state index contributed by atoms with van der Waals surface area (Å²) in [7, 11) is 2.14. The molecule has 0 atom stereocenters. The Balaban J connectivity index is 2.53. The summed E-state index contributed by atoms with van der Waals surface area (Å²) in [4.78, 5) is 2.30. The van der Waals surface area contributed by atoms with E-state index in [1.807, 2.05) is 0 Å². The molecule has 0 aromatic rings. The summed E-state index contributed by atoms with van der Waals surface area (Å²) in [6, 6.07) is 0. The molecule has 1 aliphatic rings. The minimum absolute atomic E-state index is 1.24. The van der Waals surface area contributed by atoms with E-state index in [0.717, 1.165) is 0 Å². The lowest BCUT2D eigenvalue weighted by molar-refractivity contribution is 0.389. The van der Waals surface area contributed by atoms with Crippen LogP contribution >= 0.6 is 0 Å². The van der Waals surface area contributed by atoms with Crippen molar-refractivity contribution >= 4 is 0 Å². The zero-order valence-electron chi connectivity index (χ0n) is 5.65. The Morgan fingerprint density at radius 1 is 1.62 bits per heavy atom. The molecular weight excluding hydrogens is 98.1 g/mol. The van der Waals surface area contributed by atoms with Crippen molar-refractivity contribution < 1.29 is 0 Å². The zero-order chi connectivity index (χ0) is 5.98. The summed E-state index contributed by atoms with van der Waals surface area (Å²) in [5, 5.41) is 0. The zero-order valence-corrected chi connectivity index (χ0v) is 5.65. The average molecular weight is 111 g/mol. The van der Waals surface area contributed by atoms with E-state index in [4.69, 9.17) is 0 Å². The molecule has 8 heavy (non-hydrogen) atoms. The number of rotatable bonds is 0. The first-order chi connectivity index (χ1) is 3.80. The van der Waals surface area contributed by atoms with Crippen LogP contribution in [0.5, 0.6) is 0 Å². The van der Waals surface area contributed by atoms with Gasteiger partial charge in [-0.2, -0.15) is 0 Å². The fourth-order valence-corrected chi connectivity index (χ4v) is 0.972. The molecule has 0 unspecified atom stereocenters. The summed E-state index contributed by atoms with van der Waals surface area (Å²) in [5.74, 6) is 0. The van der Waals surface area contributed by atoms with Crippen LogP contribution in [-0.4, -0.2) is 18.5 Å². The van der Waals surface area contributed by atoms with E-state index in [0.29, 0.717) is 0 Å². The standard InChI is InChI=1S/C7H13N/c1-7-5-3-4-6-8(7)2/h5H,3-4,6H2,1-2H3. The van der Waals surface area contributed by atoms with Gasteiger partial charge >= 0.3 is 0 Å². The fourth-order valence-electron chi connectivity index (χ4n) is 0.972. The molecule has 0 saturated carbocycles. The van der Waals surface area contributed by atoms with E-state index in [1.54, 1.807) is 0 Å². The van der Waals surface area contributed by atoms with E-state index in [2.05, 4.69) is 24.9 Å². The van der Waals surface area contributed by atoms with Gasteiger partial charge in [-0.1, -0.05) is 6.08 Å². The predicted octanol–water partition coefficient (Wildman–Crippen LogP) is 1.62. The van der Waals surface area contributed by atoms with Crippen LogP contribution < -0.4 is 0 Å². The molecular formula is C7H13N. The number of hydrogen-bond acceptors (Lipinski definition) is 1. The second-order valence-electron chi connectivity index (χ2n) is 2.41. The first-order valence-electron chi connectivity index (χ1n) is 3.18. The minimum Gasteiger partial charge on any atom is -0.378 e. The maximum atomic E-state index is 2.30. The lowest BCUT2D eigenvalue weighted by Crippen LogP contribution is -2.20. The molecule has 1 rings (SSSR count).